The molecular weight excluding hydrogens is 783 g/mol. The minimum Gasteiger partial charge on any atom is -0.457 e. The second-order valence-corrected chi connectivity index (χ2v) is 17.2. The number of ether oxygens (including phenoxy) is 3. The van der Waals surface area contributed by atoms with Crippen LogP contribution in [0.2, 0.25) is 0 Å². The van der Waals surface area contributed by atoms with Crippen LogP contribution in [0.15, 0.2) is 200 Å². The quantitative estimate of drug-likeness (QED) is 0.123. The second kappa shape index (κ2) is 16.1. The fourth-order valence-corrected chi connectivity index (χ4v) is 9.19. The molecule has 308 valence electrons. The fraction of sp³-hybridized carbons (Fsp3) is 0.100. The summed E-state index contributed by atoms with van der Waals surface area (Å²) in [5.74, 6) is 5.16. The number of anilines is 3. The lowest BCUT2D eigenvalue weighted by Crippen LogP contribution is -2.09. The summed E-state index contributed by atoms with van der Waals surface area (Å²) in [6.45, 7) is 0. The number of hydrogen-bond acceptors (Lipinski definition) is 4. The molecule has 0 N–H and O–H groups in total. The molecule has 0 saturated carbocycles. The molecule has 0 saturated heterocycles. The molecule has 0 heterocycles. The molecule has 4 heteroatoms. The van der Waals surface area contributed by atoms with Crippen LogP contribution in [-0.2, 0) is 38.5 Å². The van der Waals surface area contributed by atoms with E-state index in [0.717, 1.165) is 123 Å². The van der Waals surface area contributed by atoms with E-state index in [9.17, 15) is 0 Å². The largest absolute Gasteiger partial charge is 0.457 e. The van der Waals surface area contributed by atoms with Gasteiger partial charge in [-0.05, 0) is 214 Å². The maximum Gasteiger partial charge on any atom is 0.128 e. The molecule has 64 heavy (non-hydrogen) atoms. The monoisotopic (exact) mass is 827 g/mol. The molecule has 0 fully saturated rings. The Morgan fingerprint density at radius 1 is 0.234 bits per heavy atom. The van der Waals surface area contributed by atoms with Gasteiger partial charge >= 0.3 is 0 Å². The van der Waals surface area contributed by atoms with Gasteiger partial charge in [0.15, 0.2) is 0 Å². The lowest BCUT2D eigenvalue weighted by molar-refractivity contribution is 0.480. The van der Waals surface area contributed by atoms with E-state index in [1.54, 1.807) is 0 Å². The van der Waals surface area contributed by atoms with Crippen molar-refractivity contribution in [2.75, 3.05) is 4.90 Å². The Labute approximate surface area is 374 Å². The molecular formula is C60H45NO3. The summed E-state index contributed by atoms with van der Waals surface area (Å²) < 4.78 is 19.0. The number of benzene rings is 9. The average molecular weight is 828 g/mol. The van der Waals surface area contributed by atoms with Crippen molar-refractivity contribution in [2.24, 2.45) is 0 Å². The number of hydrogen-bond donors (Lipinski definition) is 0. The van der Waals surface area contributed by atoms with Crippen LogP contribution in [0.3, 0.4) is 0 Å². The van der Waals surface area contributed by atoms with E-state index in [1.165, 1.54) is 33.4 Å². The van der Waals surface area contributed by atoms with Gasteiger partial charge in [0.05, 0.1) is 0 Å². The molecule has 3 aliphatic carbocycles. The number of rotatable bonds is 12. The Bertz CT molecular complexity index is 2840. The minimum absolute atomic E-state index is 0.831. The summed E-state index contributed by atoms with van der Waals surface area (Å²) in [6.07, 6.45) is 6.88. The maximum atomic E-state index is 6.34. The van der Waals surface area contributed by atoms with Gasteiger partial charge in [0.1, 0.15) is 34.5 Å². The number of aryl methyl sites for hydroxylation is 6. The van der Waals surface area contributed by atoms with Crippen molar-refractivity contribution in [1.29, 1.82) is 0 Å². The Morgan fingerprint density at radius 3 is 0.781 bits per heavy atom. The van der Waals surface area contributed by atoms with Crippen molar-refractivity contribution in [3.05, 3.63) is 234 Å². The molecule has 0 unspecified atom stereocenters. The van der Waals surface area contributed by atoms with Crippen LogP contribution >= 0.6 is 0 Å². The number of fused-ring (bicyclic) bond motifs is 3. The predicted molar refractivity (Wildman–Crippen MR) is 259 cm³/mol. The molecule has 0 atom stereocenters. The highest BCUT2D eigenvalue weighted by atomic mass is 16.5. The van der Waals surface area contributed by atoms with Crippen molar-refractivity contribution < 1.29 is 14.2 Å². The molecule has 3 aliphatic rings. The first-order valence-corrected chi connectivity index (χ1v) is 22.4. The van der Waals surface area contributed by atoms with Gasteiger partial charge in [-0.25, -0.2) is 0 Å². The molecule has 12 rings (SSSR count). The van der Waals surface area contributed by atoms with Crippen LogP contribution in [0.5, 0.6) is 34.5 Å². The summed E-state index contributed by atoms with van der Waals surface area (Å²) in [5, 5.41) is 0. The predicted octanol–water partition coefficient (Wildman–Crippen LogP) is 15.8. The van der Waals surface area contributed by atoms with E-state index in [1.807, 2.05) is 18.2 Å². The summed E-state index contributed by atoms with van der Waals surface area (Å²) >= 11 is 0. The second-order valence-electron chi connectivity index (χ2n) is 17.2. The Kier molecular flexibility index (Phi) is 9.56. The Hall–Kier alpha value is -7.82. The highest BCUT2D eigenvalue weighted by Crippen LogP contribution is 2.40. The van der Waals surface area contributed by atoms with E-state index in [-0.39, 0.29) is 0 Å². The Morgan fingerprint density at radius 2 is 0.516 bits per heavy atom. The van der Waals surface area contributed by atoms with Gasteiger partial charge in [-0.15, -0.1) is 0 Å². The van der Waals surface area contributed by atoms with Crippen molar-refractivity contribution in [3.63, 3.8) is 0 Å². The number of nitrogens with zero attached hydrogens (tertiary/aromatic N) is 1. The van der Waals surface area contributed by atoms with Gasteiger partial charge in [-0.2, -0.15) is 0 Å². The minimum atomic E-state index is 0.831. The third kappa shape index (κ3) is 7.58. The van der Waals surface area contributed by atoms with Crippen molar-refractivity contribution in [2.45, 2.75) is 38.5 Å². The molecule has 0 bridgehead atoms. The molecule has 0 aliphatic heterocycles. The van der Waals surface area contributed by atoms with E-state index in [2.05, 4.69) is 187 Å². The lowest BCUT2D eigenvalue weighted by Gasteiger charge is -2.26. The fourth-order valence-electron chi connectivity index (χ4n) is 9.19. The third-order valence-electron chi connectivity index (χ3n) is 13.1. The van der Waals surface area contributed by atoms with Gasteiger partial charge in [-0.3, -0.25) is 0 Å². The summed E-state index contributed by atoms with van der Waals surface area (Å²) in [5.41, 5.74) is 18.3. The zero-order valence-corrected chi connectivity index (χ0v) is 35.5. The van der Waals surface area contributed by atoms with E-state index >= 15 is 0 Å². The first-order valence-electron chi connectivity index (χ1n) is 22.4. The van der Waals surface area contributed by atoms with E-state index in [0.29, 0.717) is 0 Å². The molecule has 9 aromatic carbocycles. The smallest absolute Gasteiger partial charge is 0.128 e. The van der Waals surface area contributed by atoms with Crippen LogP contribution in [0.4, 0.5) is 17.1 Å². The molecule has 0 radical (unpaired) electrons. The Balaban J connectivity index is 0.832. The third-order valence-corrected chi connectivity index (χ3v) is 13.1. The first-order chi connectivity index (χ1) is 31.6. The maximum absolute atomic E-state index is 6.34. The topological polar surface area (TPSA) is 30.9 Å². The molecule has 0 spiro atoms. The van der Waals surface area contributed by atoms with Crippen LogP contribution in [-0.4, -0.2) is 0 Å². The average Bonchev–Trinajstić information content (AvgIpc) is 3.30. The van der Waals surface area contributed by atoms with Crippen molar-refractivity contribution >= 4 is 17.1 Å². The van der Waals surface area contributed by atoms with Crippen LogP contribution < -0.4 is 19.1 Å². The molecule has 9 aromatic rings. The van der Waals surface area contributed by atoms with Crippen LogP contribution in [0, 0.1) is 0 Å². The highest BCUT2D eigenvalue weighted by Gasteiger charge is 2.18. The summed E-state index contributed by atoms with van der Waals surface area (Å²) in [7, 11) is 0. The summed E-state index contributed by atoms with van der Waals surface area (Å²) in [6, 6.07) is 70.8. The van der Waals surface area contributed by atoms with Gasteiger partial charge < -0.3 is 19.1 Å². The zero-order valence-electron chi connectivity index (χ0n) is 35.5. The van der Waals surface area contributed by atoms with Gasteiger partial charge in [0.2, 0.25) is 0 Å². The van der Waals surface area contributed by atoms with Gasteiger partial charge in [0.25, 0.3) is 0 Å². The molecule has 0 aromatic heterocycles. The molecule has 4 nitrogen and oxygen atoms in total. The first kappa shape index (κ1) is 37.9. The van der Waals surface area contributed by atoms with E-state index in [4.69, 9.17) is 14.2 Å². The normalized spacial score (nSPS) is 12.9. The van der Waals surface area contributed by atoms with Gasteiger partial charge in [-0.1, -0.05) is 91.0 Å². The standard InChI is InChI=1S/C60H45NO3/c1-4-46(34-55(7-1)62-58-31-22-40-10-13-49(40)37-58)43-16-25-52(26-17-43)61(53-27-18-44(19-28-53)47-5-2-8-56(35-47)63-59-32-23-41-11-14-50(41)38-59)54-29-20-45(21-30-54)48-6-3-9-57(36-48)64-60-33-24-42-12-15-51(42)39-60/h1-9,16-39H,10-15H2. The van der Waals surface area contributed by atoms with E-state index < -0.39 is 0 Å². The van der Waals surface area contributed by atoms with Crippen LogP contribution in [0.1, 0.15) is 33.4 Å². The SMILES string of the molecule is c1cc(Oc2ccc3c(c2)CC3)cc(-c2ccc(N(c3ccc(-c4cccc(Oc5ccc6c(c5)CC6)c4)cc3)c3ccc(-c4cccc(Oc5ccc6c(c5)CC6)c4)cc3)cc2)c1. The van der Waals surface area contributed by atoms with Crippen molar-refractivity contribution in [3.8, 4) is 67.9 Å². The van der Waals surface area contributed by atoms with Crippen LogP contribution in [0.25, 0.3) is 33.4 Å². The summed E-state index contributed by atoms with van der Waals surface area (Å²) in [4.78, 5) is 2.32. The van der Waals surface area contributed by atoms with Crippen molar-refractivity contribution in [1.82, 2.24) is 0 Å². The zero-order chi connectivity index (χ0) is 42.4. The molecule has 0 amide bonds. The lowest BCUT2D eigenvalue weighted by atomic mass is 9.89. The van der Waals surface area contributed by atoms with Gasteiger partial charge in [0, 0.05) is 17.1 Å². The highest BCUT2D eigenvalue weighted by molar-refractivity contribution is 5.81.